The lowest BCUT2D eigenvalue weighted by Gasteiger charge is -2.10. The Morgan fingerprint density at radius 1 is 1.04 bits per heavy atom. The van der Waals surface area contributed by atoms with E-state index in [2.05, 4.69) is 10.3 Å². The number of amides is 1. The van der Waals surface area contributed by atoms with Gasteiger partial charge < -0.3 is 5.32 Å². The van der Waals surface area contributed by atoms with Crippen molar-refractivity contribution in [1.29, 1.82) is 0 Å². The number of hydrogen-bond acceptors (Lipinski definition) is 3. The number of halogens is 5. The van der Waals surface area contributed by atoms with Gasteiger partial charge in [0.2, 0.25) is 0 Å². The second kappa shape index (κ2) is 6.83. The number of hydrogen-bond donors (Lipinski definition) is 1. The van der Waals surface area contributed by atoms with Gasteiger partial charge in [0.25, 0.3) is 5.91 Å². The van der Waals surface area contributed by atoms with E-state index < -0.39 is 35.0 Å². The van der Waals surface area contributed by atoms with Crippen molar-refractivity contribution in [3.8, 4) is 10.6 Å². The molecule has 0 atom stereocenters. The van der Waals surface area contributed by atoms with Crippen LogP contribution in [0.15, 0.2) is 47.8 Å². The van der Waals surface area contributed by atoms with Crippen molar-refractivity contribution in [2.24, 2.45) is 0 Å². The SMILES string of the molecule is O=C(Nc1cc(C(F)(F)F)ccc1F)c1csc(-c2ccccc2F)n1. The van der Waals surface area contributed by atoms with E-state index in [1.165, 1.54) is 23.6 Å². The number of thiazole rings is 1. The third kappa shape index (κ3) is 3.72. The Labute approximate surface area is 148 Å². The lowest BCUT2D eigenvalue weighted by Crippen LogP contribution is -2.15. The molecule has 0 aliphatic rings. The number of benzene rings is 2. The van der Waals surface area contributed by atoms with Crippen LogP contribution in [-0.2, 0) is 6.18 Å². The molecule has 1 amide bonds. The molecule has 3 aromatic rings. The molecule has 1 N–H and O–H groups in total. The molecule has 2 aromatic carbocycles. The Balaban J connectivity index is 1.85. The Morgan fingerprint density at radius 3 is 2.46 bits per heavy atom. The summed E-state index contributed by atoms with van der Waals surface area (Å²) in [5.41, 5.74) is -1.70. The Hall–Kier alpha value is -2.81. The lowest BCUT2D eigenvalue weighted by molar-refractivity contribution is -0.137. The molecule has 0 radical (unpaired) electrons. The average molecular weight is 384 g/mol. The fourth-order valence-electron chi connectivity index (χ4n) is 2.12. The maximum Gasteiger partial charge on any atom is 0.416 e. The molecule has 0 saturated carbocycles. The van der Waals surface area contributed by atoms with Crippen molar-refractivity contribution in [1.82, 2.24) is 4.98 Å². The standard InChI is InChI=1S/C17H9F5N2OS/c18-11-4-2-1-3-10(11)16-24-14(8-26-16)15(25)23-13-7-9(17(20,21)22)5-6-12(13)19/h1-8H,(H,23,25). The summed E-state index contributed by atoms with van der Waals surface area (Å²) in [5, 5.41) is 3.58. The normalized spacial score (nSPS) is 11.4. The van der Waals surface area contributed by atoms with Gasteiger partial charge in [-0.15, -0.1) is 11.3 Å². The summed E-state index contributed by atoms with van der Waals surface area (Å²) in [6.45, 7) is 0. The molecule has 26 heavy (non-hydrogen) atoms. The third-order valence-corrected chi connectivity index (χ3v) is 4.26. The van der Waals surface area contributed by atoms with Gasteiger partial charge in [0, 0.05) is 10.9 Å². The summed E-state index contributed by atoms with van der Waals surface area (Å²) in [6.07, 6.45) is -4.67. The number of alkyl halides is 3. The summed E-state index contributed by atoms with van der Waals surface area (Å²) >= 11 is 0.982. The maximum absolute atomic E-state index is 13.8. The van der Waals surface area contributed by atoms with Crippen molar-refractivity contribution in [3.05, 3.63) is 70.7 Å². The Kier molecular flexibility index (Phi) is 4.73. The van der Waals surface area contributed by atoms with Gasteiger partial charge >= 0.3 is 6.18 Å². The minimum atomic E-state index is -4.67. The van der Waals surface area contributed by atoms with Gasteiger partial charge in [-0.25, -0.2) is 13.8 Å². The van der Waals surface area contributed by atoms with Crippen molar-refractivity contribution < 1.29 is 26.7 Å². The van der Waals surface area contributed by atoms with Crippen molar-refractivity contribution in [2.75, 3.05) is 5.32 Å². The van der Waals surface area contributed by atoms with Crippen LogP contribution in [0.2, 0.25) is 0 Å². The number of aromatic nitrogens is 1. The first kappa shape index (κ1) is 18.0. The molecular formula is C17H9F5N2OS. The van der Waals surface area contributed by atoms with Gasteiger partial charge in [-0.05, 0) is 30.3 Å². The van der Waals surface area contributed by atoms with E-state index in [1.807, 2.05) is 0 Å². The molecule has 0 spiro atoms. The van der Waals surface area contributed by atoms with Gasteiger partial charge in [-0.3, -0.25) is 4.79 Å². The zero-order chi connectivity index (χ0) is 18.9. The van der Waals surface area contributed by atoms with Gasteiger partial charge in [0.05, 0.1) is 11.3 Å². The summed E-state index contributed by atoms with van der Waals surface area (Å²) in [4.78, 5) is 16.1. The minimum absolute atomic E-state index is 0.162. The van der Waals surface area contributed by atoms with Crippen LogP contribution in [0.3, 0.4) is 0 Å². The quantitative estimate of drug-likeness (QED) is 0.618. The monoisotopic (exact) mass is 384 g/mol. The van der Waals surface area contributed by atoms with Crippen LogP contribution in [0.5, 0.6) is 0 Å². The van der Waals surface area contributed by atoms with Crippen LogP contribution < -0.4 is 5.32 Å². The minimum Gasteiger partial charge on any atom is -0.318 e. The zero-order valence-electron chi connectivity index (χ0n) is 12.8. The van der Waals surface area contributed by atoms with E-state index in [4.69, 9.17) is 0 Å². The summed E-state index contributed by atoms with van der Waals surface area (Å²) in [6, 6.07) is 7.48. The zero-order valence-corrected chi connectivity index (χ0v) is 13.6. The van der Waals surface area contributed by atoms with Crippen molar-refractivity contribution >= 4 is 22.9 Å². The second-order valence-corrected chi connectivity index (χ2v) is 6.02. The molecule has 1 aromatic heterocycles. The van der Waals surface area contributed by atoms with E-state index >= 15 is 0 Å². The molecule has 134 valence electrons. The van der Waals surface area contributed by atoms with Crippen LogP contribution in [0.25, 0.3) is 10.6 Å². The molecule has 0 unspecified atom stereocenters. The molecular weight excluding hydrogens is 375 g/mol. The molecule has 3 rings (SSSR count). The summed E-state index contributed by atoms with van der Waals surface area (Å²) < 4.78 is 65.6. The molecule has 0 bridgehead atoms. The molecule has 0 saturated heterocycles. The average Bonchev–Trinajstić information content (AvgIpc) is 3.06. The number of rotatable bonds is 3. The highest BCUT2D eigenvalue weighted by Gasteiger charge is 2.31. The largest absolute Gasteiger partial charge is 0.416 e. The topological polar surface area (TPSA) is 42.0 Å². The van der Waals surface area contributed by atoms with Crippen LogP contribution in [0.4, 0.5) is 27.6 Å². The first-order valence-electron chi connectivity index (χ1n) is 7.14. The van der Waals surface area contributed by atoms with E-state index in [1.54, 1.807) is 6.07 Å². The van der Waals surface area contributed by atoms with E-state index in [-0.39, 0.29) is 16.3 Å². The fraction of sp³-hybridized carbons (Fsp3) is 0.0588. The van der Waals surface area contributed by atoms with Crippen LogP contribution in [0, 0.1) is 11.6 Å². The van der Waals surface area contributed by atoms with Gasteiger partial charge in [0.1, 0.15) is 22.3 Å². The predicted octanol–water partition coefficient (Wildman–Crippen LogP) is 5.36. The summed E-state index contributed by atoms with van der Waals surface area (Å²) in [7, 11) is 0. The number of nitrogens with one attached hydrogen (secondary N) is 1. The number of carbonyl (C=O) groups excluding carboxylic acids is 1. The fourth-order valence-corrected chi connectivity index (χ4v) is 2.95. The van der Waals surface area contributed by atoms with Gasteiger partial charge in [0.15, 0.2) is 0 Å². The van der Waals surface area contributed by atoms with Gasteiger partial charge in [-0.2, -0.15) is 13.2 Å². The molecule has 0 aliphatic carbocycles. The number of nitrogens with zero attached hydrogens (tertiary/aromatic N) is 1. The molecule has 0 aliphatic heterocycles. The Bertz CT molecular complexity index is 968. The molecule has 3 nitrogen and oxygen atoms in total. The van der Waals surface area contributed by atoms with Crippen LogP contribution >= 0.6 is 11.3 Å². The van der Waals surface area contributed by atoms with E-state index in [0.29, 0.717) is 18.2 Å². The van der Waals surface area contributed by atoms with Gasteiger partial charge in [-0.1, -0.05) is 12.1 Å². The third-order valence-electron chi connectivity index (χ3n) is 3.38. The maximum atomic E-state index is 13.8. The highest BCUT2D eigenvalue weighted by molar-refractivity contribution is 7.13. The molecule has 1 heterocycles. The van der Waals surface area contributed by atoms with Crippen LogP contribution in [0.1, 0.15) is 16.1 Å². The first-order chi connectivity index (χ1) is 12.3. The highest BCUT2D eigenvalue weighted by atomic mass is 32.1. The van der Waals surface area contributed by atoms with Crippen LogP contribution in [-0.4, -0.2) is 10.9 Å². The number of anilines is 1. The molecule has 9 heteroatoms. The van der Waals surface area contributed by atoms with Crippen molar-refractivity contribution in [3.63, 3.8) is 0 Å². The first-order valence-corrected chi connectivity index (χ1v) is 8.02. The summed E-state index contributed by atoms with van der Waals surface area (Å²) in [5.74, 6) is -2.45. The van der Waals surface area contributed by atoms with E-state index in [0.717, 1.165) is 11.3 Å². The van der Waals surface area contributed by atoms with E-state index in [9.17, 15) is 26.7 Å². The predicted molar refractivity (Wildman–Crippen MR) is 86.9 cm³/mol. The Morgan fingerprint density at radius 2 is 1.77 bits per heavy atom. The molecule has 0 fully saturated rings. The smallest absolute Gasteiger partial charge is 0.318 e. The second-order valence-electron chi connectivity index (χ2n) is 5.16. The highest BCUT2D eigenvalue weighted by Crippen LogP contribution is 2.32. The number of carbonyl (C=O) groups is 1. The van der Waals surface area contributed by atoms with Crippen molar-refractivity contribution in [2.45, 2.75) is 6.18 Å². The lowest BCUT2D eigenvalue weighted by atomic mass is 10.2.